The minimum Gasteiger partial charge on any atom is -0.465 e. The summed E-state index contributed by atoms with van der Waals surface area (Å²) in [6.45, 7) is 4.64. The lowest BCUT2D eigenvalue weighted by atomic mass is 10.00. The van der Waals surface area contributed by atoms with Crippen molar-refractivity contribution in [1.29, 1.82) is 0 Å². The van der Waals surface area contributed by atoms with Crippen LogP contribution in [-0.2, 0) is 19.0 Å². The largest absolute Gasteiger partial charge is 0.465 e. The van der Waals surface area contributed by atoms with Gasteiger partial charge in [0.05, 0.1) is 19.3 Å². The normalized spacial score (nSPS) is 25.1. The molecule has 1 aromatic carbocycles. The molecule has 1 saturated heterocycles. The fourth-order valence-electron chi connectivity index (χ4n) is 2.35. The lowest BCUT2D eigenvalue weighted by Gasteiger charge is -2.39. The summed E-state index contributed by atoms with van der Waals surface area (Å²) >= 11 is 1.47. The van der Waals surface area contributed by atoms with Crippen molar-refractivity contribution in [2.45, 2.75) is 37.4 Å². The third-order valence-corrected chi connectivity index (χ3v) is 5.01. The van der Waals surface area contributed by atoms with E-state index in [-0.39, 0.29) is 12.1 Å². The van der Waals surface area contributed by atoms with Crippen LogP contribution >= 0.6 is 11.8 Å². The van der Waals surface area contributed by atoms with Crippen molar-refractivity contribution in [2.75, 3.05) is 19.5 Å². The quantitative estimate of drug-likeness (QED) is 0.782. The fraction of sp³-hybridized carbons (Fsp3) is 0.562. The van der Waals surface area contributed by atoms with Gasteiger partial charge in [-0.2, -0.15) is 0 Å². The van der Waals surface area contributed by atoms with Crippen molar-refractivity contribution in [3.8, 4) is 0 Å². The number of esters is 1. The van der Waals surface area contributed by atoms with Crippen LogP contribution in [0.4, 0.5) is 0 Å². The van der Waals surface area contributed by atoms with Gasteiger partial charge in [-0.15, -0.1) is 11.8 Å². The standard InChI is InChI=1S/C16H22O4S/c1-4-18-15(17)16(2,21-3)13-10-11-19-14(20-13)12-8-6-5-7-9-12/h5-9,13-14H,4,10-11H2,1-3H3/t13-,14-,16+/m1/s1. The first kappa shape index (κ1) is 16.3. The van der Waals surface area contributed by atoms with Gasteiger partial charge in [0, 0.05) is 5.56 Å². The molecular formula is C16H22O4S. The van der Waals surface area contributed by atoms with E-state index in [0.717, 1.165) is 5.56 Å². The van der Waals surface area contributed by atoms with Crippen molar-refractivity contribution in [1.82, 2.24) is 0 Å². The molecule has 2 rings (SSSR count). The maximum absolute atomic E-state index is 12.3. The predicted octanol–water partition coefficient (Wildman–Crippen LogP) is 3.18. The average molecular weight is 310 g/mol. The second kappa shape index (κ2) is 7.29. The van der Waals surface area contributed by atoms with Crippen LogP contribution in [0.1, 0.15) is 32.1 Å². The minimum atomic E-state index is -0.715. The van der Waals surface area contributed by atoms with E-state index in [1.165, 1.54) is 11.8 Å². The van der Waals surface area contributed by atoms with Gasteiger partial charge in [0.15, 0.2) is 6.29 Å². The third-order valence-electron chi connectivity index (χ3n) is 3.73. The van der Waals surface area contributed by atoms with Crippen LogP contribution in [0.25, 0.3) is 0 Å². The number of carbonyl (C=O) groups is 1. The van der Waals surface area contributed by atoms with E-state index in [1.807, 2.05) is 50.4 Å². The Bertz CT molecular complexity index is 465. The number of rotatable bonds is 5. The molecule has 0 saturated carbocycles. The highest BCUT2D eigenvalue weighted by Gasteiger charge is 2.45. The Balaban J connectivity index is 2.14. The summed E-state index contributed by atoms with van der Waals surface area (Å²) in [7, 11) is 0. The van der Waals surface area contributed by atoms with Crippen molar-refractivity contribution < 1.29 is 19.0 Å². The molecular weight excluding hydrogens is 288 g/mol. The molecule has 0 unspecified atom stereocenters. The molecule has 21 heavy (non-hydrogen) atoms. The summed E-state index contributed by atoms with van der Waals surface area (Å²) in [5, 5.41) is 0. The second-order valence-electron chi connectivity index (χ2n) is 5.06. The lowest BCUT2D eigenvalue weighted by Crippen LogP contribution is -2.49. The summed E-state index contributed by atoms with van der Waals surface area (Å²) in [5.41, 5.74) is 0.967. The van der Waals surface area contributed by atoms with Gasteiger partial charge in [-0.3, -0.25) is 4.79 Å². The summed E-state index contributed by atoms with van der Waals surface area (Å²) in [6.07, 6.45) is 1.93. The van der Waals surface area contributed by atoms with Crippen LogP contribution in [0.2, 0.25) is 0 Å². The maximum atomic E-state index is 12.3. The summed E-state index contributed by atoms with van der Waals surface area (Å²) in [4.78, 5) is 12.3. The van der Waals surface area contributed by atoms with Crippen molar-refractivity contribution >= 4 is 17.7 Å². The topological polar surface area (TPSA) is 44.8 Å². The Labute approximate surface area is 130 Å². The van der Waals surface area contributed by atoms with E-state index >= 15 is 0 Å². The summed E-state index contributed by atoms with van der Waals surface area (Å²) < 4.78 is 16.2. The smallest absolute Gasteiger partial charge is 0.324 e. The summed E-state index contributed by atoms with van der Waals surface area (Å²) in [6, 6.07) is 9.78. The Kier molecular flexibility index (Phi) is 5.67. The van der Waals surface area contributed by atoms with Gasteiger partial charge in [0.25, 0.3) is 0 Å². The van der Waals surface area contributed by atoms with Gasteiger partial charge in [-0.25, -0.2) is 0 Å². The second-order valence-corrected chi connectivity index (χ2v) is 6.31. The minimum absolute atomic E-state index is 0.226. The lowest BCUT2D eigenvalue weighted by molar-refractivity contribution is -0.225. The molecule has 1 fully saturated rings. The van der Waals surface area contributed by atoms with Crippen LogP contribution in [0.5, 0.6) is 0 Å². The van der Waals surface area contributed by atoms with E-state index in [0.29, 0.717) is 19.6 Å². The number of thioether (sulfide) groups is 1. The third kappa shape index (κ3) is 3.59. The molecule has 0 spiro atoms. The molecule has 4 nitrogen and oxygen atoms in total. The monoisotopic (exact) mass is 310 g/mol. The SMILES string of the molecule is CCOC(=O)[C@@](C)(SC)[C@H]1CCO[C@@H](c2ccccc2)O1. The van der Waals surface area contributed by atoms with E-state index < -0.39 is 11.0 Å². The van der Waals surface area contributed by atoms with Gasteiger partial charge in [0.1, 0.15) is 4.75 Å². The van der Waals surface area contributed by atoms with E-state index in [2.05, 4.69) is 0 Å². The Morgan fingerprint density at radius 3 is 2.76 bits per heavy atom. The molecule has 0 aliphatic carbocycles. The fourth-order valence-corrected chi connectivity index (χ4v) is 3.01. The molecule has 0 aromatic heterocycles. The number of carbonyl (C=O) groups excluding carboxylic acids is 1. The molecule has 116 valence electrons. The maximum Gasteiger partial charge on any atom is 0.324 e. The molecule has 0 amide bonds. The highest BCUT2D eigenvalue weighted by atomic mass is 32.2. The van der Waals surface area contributed by atoms with Crippen LogP contribution in [0.3, 0.4) is 0 Å². The number of benzene rings is 1. The first-order chi connectivity index (χ1) is 10.1. The highest BCUT2D eigenvalue weighted by Crippen LogP contribution is 2.38. The molecule has 1 aliphatic heterocycles. The van der Waals surface area contributed by atoms with Crippen LogP contribution in [0, 0.1) is 0 Å². The molecule has 0 bridgehead atoms. The van der Waals surface area contributed by atoms with E-state index in [1.54, 1.807) is 0 Å². The highest BCUT2D eigenvalue weighted by molar-refractivity contribution is 8.00. The van der Waals surface area contributed by atoms with Crippen LogP contribution in [-0.4, -0.2) is 36.3 Å². The van der Waals surface area contributed by atoms with Crippen LogP contribution < -0.4 is 0 Å². The van der Waals surface area contributed by atoms with E-state index in [4.69, 9.17) is 14.2 Å². The molecule has 1 aliphatic rings. The molecule has 1 heterocycles. The van der Waals surface area contributed by atoms with Gasteiger partial charge >= 0.3 is 5.97 Å². The number of hydrogen-bond acceptors (Lipinski definition) is 5. The number of ether oxygens (including phenoxy) is 3. The first-order valence-electron chi connectivity index (χ1n) is 7.16. The molecule has 0 N–H and O–H groups in total. The van der Waals surface area contributed by atoms with Gasteiger partial charge in [-0.1, -0.05) is 30.3 Å². The van der Waals surface area contributed by atoms with Crippen molar-refractivity contribution in [3.63, 3.8) is 0 Å². The van der Waals surface area contributed by atoms with E-state index in [9.17, 15) is 4.79 Å². The van der Waals surface area contributed by atoms with Crippen LogP contribution in [0.15, 0.2) is 30.3 Å². The zero-order valence-electron chi connectivity index (χ0n) is 12.7. The molecule has 0 radical (unpaired) electrons. The van der Waals surface area contributed by atoms with Gasteiger partial charge in [0.2, 0.25) is 0 Å². The Hall–Kier alpha value is -1.04. The summed E-state index contributed by atoms with van der Waals surface area (Å²) in [5.74, 6) is -0.226. The zero-order valence-corrected chi connectivity index (χ0v) is 13.5. The average Bonchev–Trinajstić information content (AvgIpc) is 2.55. The first-order valence-corrected chi connectivity index (χ1v) is 8.38. The van der Waals surface area contributed by atoms with Crippen molar-refractivity contribution in [2.24, 2.45) is 0 Å². The van der Waals surface area contributed by atoms with Crippen molar-refractivity contribution in [3.05, 3.63) is 35.9 Å². The van der Waals surface area contributed by atoms with Gasteiger partial charge < -0.3 is 14.2 Å². The zero-order chi connectivity index (χ0) is 15.3. The van der Waals surface area contributed by atoms with Gasteiger partial charge in [-0.05, 0) is 26.5 Å². The molecule has 5 heteroatoms. The molecule has 1 aromatic rings. The molecule has 3 atom stereocenters. The Morgan fingerprint density at radius 1 is 1.43 bits per heavy atom. The number of hydrogen-bond donors (Lipinski definition) is 0. The predicted molar refractivity (Wildman–Crippen MR) is 83.2 cm³/mol. The Morgan fingerprint density at radius 2 is 2.14 bits per heavy atom.